The number of carbonyl (C=O) groups excluding carboxylic acids is 2. The second-order valence-electron chi connectivity index (χ2n) is 4.29. The van der Waals surface area contributed by atoms with Gasteiger partial charge in [0.15, 0.2) is 5.78 Å². The Hall–Kier alpha value is -1.32. The quantitative estimate of drug-likeness (QED) is 0.715. The third-order valence-corrected chi connectivity index (χ3v) is 3.19. The molecule has 0 aromatic carbocycles. The number of amides is 1. The Bertz CT molecular complexity index is 323. The number of allylic oxidation sites excluding steroid dienone is 2. The maximum atomic E-state index is 11.1. The van der Waals surface area contributed by atoms with Gasteiger partial charge in [0.2, 0.25) is 5.91 Å². The standard InChI is InChI=1S/C11H16N2O2/c12-11(15)8-2-1-5-13(7-8)9-3-4-10(14)6-9/h6,8H,1-5,7H2,(H2,12,15). The minimum absolute atomic E-state index is 0.0460. The molecular formula is C11H16N2O2. The maximum absolute atomic E-state index is 11.1. The Morgan fingerprint density at radius 1 is 1.47 bits per heavy atom. The van der Waals surface area contributed by atoms with Crippen LogP contribution in [-0.4, -0.2) is 29.7 Å². The summed E-state index contributed by atoms with van der Waals surface area (Å²) in [6.45, 7) is 1.64. The van der Waals surface area contributed by atoms with Crippen molar-refractivity contribution in [2.75, 3.05) is 13.1 Å². The van der Waals surface area contributed by atoms with Crippen LogP contribution in [0.2, 0.25) is 0 Å². The molecular weight excluding hydrogens is 192 g/mol. The Labute approximate surface area is 89.1 Å². The van der Waals surface area contributed by atoms with E-state index in [1.807, 2.05) is 0 Å². The minimum Gasteiger partial charge on any atom is -0.374 e. The predicted molar refractivity (Wildman–Crippen MR) is 55.8 cm³/mol. The van der Waals surface area contributed by atoms with Gasteiger partial charge in [-0.3, -0.25) is 9.59 Å². The minimum atomic E-state index is -0.218. The van der Waals surface area contributed by atoms with Gasteiger partial charge in [-0.25, -0.2) is 0 Å². The fraction of sp³-hybridized carbons (Fsp3) is 0.636. The van der Waals surface area contributed by atoms with E-state index in [0.717, 1.165) is 31.5 Å². The van der Waals surface area contributed by atoms with Crippen molar-refractivity contribution in [3.63, 3.8) is 0 Å². The largest absolute Gasteiger partial charge is 0.374 e. The summed E-state index contributed by atoms with van der Waals surface area (Å²) in [6.07, 6.45) is 5.02. The van der Waals surface area contributed by atoms with Crippen LogP contribution in [-0.2, 0) is 9.59 Å². The highest BCUT2D eigenvalue weighted by Crippen LogP contribution is 2.25. The average molecular weight is 208 g/mol. The maximum Gasteiger partial charge on any atom is 0.222 e. The highest BCUT2D eigenvalue weighted by Gasteiger charge is 2.27. The van der Waals surface area contributed by atoms with Crippen LogP contribution in [0.25, 0.3) is 0 Å². The molecule has 1 heterocycles. The van der Waals surface area contributed by atoms with Crippen LogP contribution in [0.4, 0.5) is 0 Å². The molecule has 1 amide bonds. The first-order valence-electron chi connectivity index (χ1n) is 5.44. The number of ketones is 1. The molecule has 1 aliphatic carbocycles. The van der Waals surface area contributed by atoms with Crippen molar-refractivity contribution in [3.05, 3.63) is 11.8 Å². The Kier molecular flexibility index (Phi) is 2.75. The van der Waals surface area contributed by atoms with Gasteiger partial charge in [-0.1, -0.05) is 0 Å². The number of primary amides is 1. The second kappa shape index (κ2) is 4.04. The molecule has 0 spiro atoms. The van der Waals surface area contributed by atoms with Gasteiger partial charge in [-0.05, 0) is 19.3 Å². The summed E-state index contributed by atoms with van der Waals surface area (Å²) in [5.41, 5.74) is 6.39. The van der Waals surface area contributed by atoms with Crippen LogP contribution in [0.3, 0.4) is 0 Å². The zero-order chi connectivity index (χ0) is 10.8. The molecule has 2 N–H and O–H groups in total. The van der Waals surface area contributed by atoms with Crippen LogP contribution < -0.4 is 5.73 Å². The summed E-state index contributed by atoms with van der Waals surface area (Å²) < 4.78 is 0. The molecule has 0 bridgehead atoms. The second-order valence-corrected chi connectivity index (χ2v) is 4.29. The summed E-state index contributed by atoms with van der Waals surface area (Å²) >= 11 is 0. The van der Waals surface area contributed by atoms with E-state index in [1.54, 1.807) is 6.08 Å². The van der Waals surface area contributed by atoms with E-state index in [2.05, 4.69) is 4.90 Å². The highest BCUT2D eigenvalue weighted by atomic mass is 16.1. The van der Waals surface area contributed by atoms with E-state index in [-0.39, 0.29) is 17.6 Å². The molecule has 1 atom stereocenters. The third kappa shape index (κ3) is 2.19. The van der Waals surface area contributed by atoms with E-state index in [4.69, 9.17) is 5.73 Å². The smallest absolute Gasteiger partial charge is 0.222 e. The van der Waals surface area contributed by atoms with Gasteiger partial charge in [0, 0.05) is 31.3 Å². The third-order valence-electron chi connectivity index (χ3n) is 3.19. The van der Waals surface area contributed by atoms with Crippen LogP contribution >= 0.6 is 0 Å². The van der Waals surface area contributed by atoms with E-state index in [1.165, 1.54) is 0 Å². The Morgan fingerprint density at radius 3 is 2.87 bits per heavy atom. The number of nitrogens with zero attached hydrogens (tertiary/aromatic N) is 1. The number of rotatable bonds is 2. The number of carbonyl (C=O) groups is 2. The van der Waals surface area contributed by atoms with Crippen LogP contribution in [0.1, 0.15) is 25.7 Å². The first-order valence-corrected chi connectivity index (χ1v) is 5.44. The topological polar surface area (TPSA) is 63.4 Å². The fourth-order valence-electron chi connectivity index (χ4n) is 2.30. The van der Waals surface area contributed by atoms with Crippen molar-refractivity contribution in [1.82, 2.24) is 4.90 Å². The van der Waals surface area contributed by atoms with E-state index in [0.29, 0.717) is 13.0 Å². The molecule has 0 aromatic rings. The number of likely N-dealkylation sites (tertiary alicyclic amines) is 1. The van der Waals surface area contributed by atoms with Crippen LogP contribution in [0.5, 0.6) is 0 Å². The Balaban J connectivity index is 2.01. The van der Waals surface area contributed by atoms with Gasteiger partial charge in [-0.2, -0.15) is 0 Å². The molecule has 2 rings (SSSR count). The number of nitrogens with two attached hydrogens (primary N) is 1. The molecule has 0 radical (unpaired) electrons. The zero-order valence-electron chi connectivity index (χ0n) is 8.74. The van der Waals surface area contributed by atoms with E-state index in [9.17, 15) is 9.59 Å². The molecule has 0 saturated carbocycles. The predicted octanol–water partition coefficient (Wildman–Crippen LogP) is 0.430. The summed E-state index contributed by atoms with van der Waals surface area (Å²) in [5.74, 6) is -0.0637. The Morgan fingerprint density at radius 2 is 2.27 bits per heavy atom. The first-order chi connectivity index (χ1) is 7.16. The molecule has 2 aliphatic rings. The van der Waals surface area contributed by atoms with Gasteiger partial charge < -0.3 is 10.6 Å². The lowest BCUT2D eigenvalue weighted by Crippen LogP contribution is -2.40. The SMILES string of the molecule is NC(=O)C1CCCN(C2=CC(=O)CC2)C1. The van der Waals surface area contributed by atoms with Crippen LogP contribution in [0, 0.1) is 5.92 Å². The number of piperidine rings is 1. The van der Waals surface area contributed by atoms with Crippen molar-refractivity contribution in [2.24, 2.45) is 11.7 Å². The van der Waals surface area contributed by atoms with Crippen molar-refractivity contribution < 1.29 is 9.59 Å². The molecule has 4 heteroatoms. The summed E-state index contributed by atoms with van der Waals surface area (Å²) in [4.78, 5) is 24.3. The summed E-state index contributed by atoms with van der Waals surface area (Å²) in [6, 6.07) is 0. The van der Waals surface area contributed by atoms with Crippen LogP contribution in [0.15, 0.2) is 11.8 Å². The van der Waals surface area contributed by atoms with Crippen molar-refractivity contribution in [1.29, 1.82) is 0 Å². The molecule has 15 heavy (non-hydrogen) atoms. The lowest BCUT2D eigenvalue weighted by atomic mass is 9.97. The molecule has 4 nitrogen and oxygen atoms in total. The number of hydrogen-bond acceptors (Lipinski definition) is 3. The van der Waals surface area contributed by atoms with E-state index < -0.39 is 0 Å². The summed E-state index contributed by atoms with van der Waals surface area (Å²) in [7, 11) is 0. The van der Waals surface area contributed by atoms with Crippen molar-refractivity contribution in [3.8, 4) is 0 Å². The molecule has 1 aliphatic heterocycles. The summed E-state index contributed by atoms with van der Waals surface area (Å²) in [5, 5.41) is 0. The van der Waals surface area contributed by atoms with Gasteiger partial charge in [-0.15, -0.1) is 0 Å². The monoisotopic (exact) mass is 208 g/mol. The highest BCUT2D eigenvalue weighted by molar-refractivity contribution is 5.92. The van der Waals surface area contributed by atoms with E-state index >= 15 is 0 Å². The van der Waals surface area contributed by atoms with Gasteiger partial charge in [0.05, 0.1) is 5.92 Å². The zero-order valence-corrected chi connectivity index (χ0v) is 8.74. The van der Waals surface area contributed by atoms with Crippen molar-refractivity contribution >= 4 is 11.7 Å². The average Bonchev–Trinajstić information content (AvgIpc) is 2.65. The first kappa shape index (κ1) is 10.2. The van der Waals surface area contributed by atoms with Gasteiger partial charge in [0.25, 0.3) is 0 Å². The normalized spacial score (nSPS) is 26.7. The van der Waals surface area contributed by atoms with Gasteiger partial charge in [0.1, 0.15) is 0 Å². The molecule has 1 fully saturated rings. The van der Waals surface area contributed by atoms with Gasteiger partial charge >= 0.3 is 0 Å². The molecule has 1 saturated heterocycles. The molecule has 1 unspecified atom stereocenters. The molecule has 82 valence electrons. The lowest BCUT2D eigenvalue weighted by Gasteiger charge is -2.33. The fourth-order valence-corrected chi connectivity index (χ4v) is 2.30. The van der Waals surface area contributed by atoms with Crippen molar-refractivity contribution in [2.45, 2.75) is 25.7 Å². The lowest BCUT2D eigenvalue weighted by molar-refractivity contribution is -0.123. The molecule has 0 aromatic heterocycles. The number of hydrogen-bond donors (Lipinski definition) is 1.